The number of unbranched alkanes of at least 4 members (excludes halogenated alkanes) is 4. The van der Waals surface area contributed by atoms with Crippen molar-refractivity contribution in [1.29, 1.82) is 0 Å². The first kappa shape index (κ1) is 23.2. The fourth-order valence-electron chi connectivity index (χ4n) is 4.12. The molecule has 0 spiro atoms. The minimum atomic E-state index is -0.254. The van der Waals surface area contributed by atoms with Crippen LogP contribution in [0.3, 0.4) is 0 Å². The lowest BCUT2D eigenvalue weighted by atomic mass is 9.58. The molecule has 0 unspecified atom stereocenters. The number of aromatic nitrogens is 2. The Morgan fingerprint density at radius 2 is 1.29 bits per heavy atom. The number of nitrogens with zero attached hydrogens (tertiary/aromatic N) is 1. The summed E-state index contributed by atoms with van der Waals surface area (Å²) in [7, 11) is 0.672. The normalized spacial score (nSPS) is 11.3. The molecule has 0 saturated carbocycles. The van der Waals surface area contributed by atoms with Gasteiger partial charge in [-0.3, -0.25) is 0 Å². The largest absolute Gasteiger partial charge is 0.354 e. The maximum atomic E-state index is 13.5. The van der Waals surface area contributed by atoms with Gasteiger partial charge in [0.2, 0.25) is 7.28 Å². The van der Waals surface area contributed by atoms with Crippen molar-refractivity contribution in [1.82, 2.24) is 9.97 Å². The summed E-state index contributed by atoms with van der Waals surface area (Å²) in [6.45, 7) is 4.44. The van der Waals surface area contributed by atoms with Crippen LogP contribution in [0, 0.1) is 11.6 Å². The molecular weight excluding hydrogens is 389 g/mol. The molecule has 1 aromatic heterocycles. The number of rotatable bonds is 12. The molecule has 1 heterocycles. The first-order chi connectivity index (χ1) is 15.1. The third-order valence-corrected chi connectivity index (χ3v) is 5.90. The van der Waals surface area contributed by atoms with Crippen molar-refractivity contribution >= 4 is 13.0 Å². The average Bonchev–Trinajstić information content (AvgIpc) is 3.15. The Morgan fingerprint density at radius 1 is 0.774 bits per heavy atom. The van der Waals surface area contributed by atoms with Crippen LogP contribution in [0.25, 0.3) is 0 Å². The molecule has 5 heteroatoms. The molecule has 1 N–H and O–H groups in total. The van der Waals surface area contributed by atoms with E-state index < -0.39 is 0 Å². The molecule has 0 aliphatic heterocycles. The standard InChI is InChI=1S/C26H33BF2N2/c1-3-5-7-9-23-24(10-8-6-4-2)31-26(30-23)27-25(19-11-15-21(28)16-12-19)20-13-17-22(29)18-14-20/h11-18,25,27H,3-10H2,1-2H3,(H,30,31). The van der Waals surface area contributed by atoms with Crippen LogP contribution in [0.2, 0.25) is 0 Å². The van der Waals surface area contributed by atoms with E-state index in [-0.39, 0.29) is 17.5 Å². The first-order valence-electron chi connectivity index (χ1n) is 11.7. The lowest BCUT2D eigenvalue weighted by molar-refractivity contribution is 0.626. The zero-order chi connectivity index (χ0) is 22.1. The number of hydrogen-bond donors (Lipinski definition) is 1. The van der Waals surface area contributed by atoms with Crippen molar-refractivity contribution in [3.05, 3.63) is 82.7 Å². The van der Waals surface area contributed by atoms with Gasteiger partial charge >= 0.3 is 0 Å². The number of H-pyrrole nitrogens is 1. The molecule has 0 aliphatic rings. The SMILES string of the molecule is CCCCCc1nc(BC(c2ccc(F)cc2)c2ccc(F)cc2)[nH]c1CCCCC. The Hall–Kier alpha value is -2.43. The molecule has 2 nitrogen and oxygen atoms in total. The Morgan fingerprint density at radius 3 is 1.81 bits per heavy atom. The highest BCUT2D eigenvalue weighted by molar-refractivity contribution is 6.53. The summed E-state index contributed by atoms with van der Waals surface area (Å²) in [5.74, 6) is -0.522. The molecule has 0 radical (unpaired) electrons. The van der Waals surface area contributed by atoms with Crippen LogP contribution in [0.1, 0.15) is 80.7 Å². The van der Waals surface area contributed by atoms with Gasteiger partial charge < -0.3 is 4.98 Å². The Kier molecular flexibility index (Phi) is 8.87. The van der Waals surface area contributed by atoms with Gasteiger partial charge in [-0.15, -0.1) is 0 Å². The average molecular weight is 422 g/mol. The Labute approximate surface area is 185 Å². The zero-order valence-corrected chi connectivity index (χ0v) is 18.8. The van der Waals surface area contributed by atoms with Crippen molar-refractivity contribution in [3.8, 4) is 0 Å². The van der Waals surface area contributed by atoms with Crippen LogP contribution in [0.4, 0.5) is 8.78 Å². The summed E-state index contributed by atoms with van der Waals surface area (Å²) in [4.78, 5) is 8.58. The quantitative estimate of drug-likeness (QED) is 0.281. The van der Waals surface area contributed by atoms with Crippen LogP contribution in [0.15, 0.2) is 48.5 Å². The predicted molar refractivity (Wildman–Crippen MR) is 126 cm³/mol. The van der Waals surface area contributed by atoms with Crippen LogP contribution in [0.5, 0.6) is 0 Å². The second-order valence-electron chi connectivity index (χ2n) is 8.38. The maximum absolute atomic E-state index is 13.5. The van der Waals surface area contributed by atoms with Crippen molar-refractivity contribution in [2.45, 2.75) is 71.0 Å². The second kappa shape index (κ2) is 11.8. The number of nitrogens with one attached hydrogen (secondary N) is 1. The third kappa shape index (κ3) is 6.78. The lowest BCUT2D eigenvalue weighted by Crippen LogP contribution is -2.26. The highest BCUT2D eigenvalue weighted by Gasteiger charge is 2.20. The molecule has 0 aliphatic carbocycles. The predicted octanol–water partition coefficient (Wildman–Crippen LogP) is 6.00. The van der Waals surface area contributed by atoms with Crippen molar-refractivity contribution < 1.29 is 8.78 Å². The van der Waals surface area contributed by atoms with E-state index in [0.29, 0.717) is 7.28 Å². The summed E-state index contributed by atoms with van der Waals surface area (Å²) in [6.07, 6.45) is 9.17. The van der Waals surface area contributed by atoms with Crippen molar-refractivity contribution in [3.63, 3.8) is 0 Å². The molecule has 0 amide bonds. The Bertz CT molecular complexity index is 847. The van der Waals surface area contributed by atoms with Gasteiger partial charge in [0.15, 0.2) is 0 Å². The monoisotopic (exact) mass is 422 g/mol. The zero-order valence-electron chi connectivity index (χ0n) is 18.8. The lowest BCUT2D eigenvalue weighted by Gasteiger charge is -2.16. The van der Waals surface area contributed by atoms with Gasteiger partial charge in [-0.1, -0.05) is 63.8 Å². The van der Waals surface area contributed by atoms with E-state index in [1.807, 2.05) is 24.3 Å². The van der Waals surface area contributed by atoms with Gasteiger partial charge in [-0.2, -0.15) is 0 Å². The number of imidazole rings is 1. The van der Waals surface area contributed by atoms with Crippen LogP contribution < -0.4 is 5.72 Å². The minimum Gasteiger partial charge on any atom is -0.354 e. The first-order valence-corrected chi connectivity index (χ1v) is 11.7. The van der Waals surface area contributed by atoms with Crippen molar-refractivity contribution in [2.24, 2.45) is 0 Å². The van der Waals surface area contributed by atoms with Crippen LogP contribution in [-0.2, 0) is 12.8 Å². The molecule has 2 aromatic carbocycles. The summed E-state index contributed by atoms with van der Waals surface area (Å²) in [6, 6.07) is 13.2. The molecule has 0 saturated heterocycles. The van der Waals surface area contributed by atoms with Gasteiger partial charge in [-0.05, 0) is 66.9 Å². The highest BCUT2D eigenvalue weighted by Crippen LogP contribution is 2.24. The van der Waals surface area contributed by atoms with Gasteiger partial charge in [-0.25, -0.2) is 13.8 Å². The van der Waals surface area contributed by atoms with Crippen molar-refractivity contribution in [2.75, 3.05) is 0 Å². The van der Waals surface area contributed by atoms with E-state index in [9.17, 15) is 8.78 Å². The molecule has 0 bridgehead atoms. The number of halogens is 2. The number of benzene rings is 2. The molecule has 0 atom stereocenters. The van der Waals surface area contributed by atoms with Gasteiger partial charge in [0.05, 0.1) is 11.4 Å². The summed E-state index contributed by atoms with van der Waals surface area (Å²) < 4.78 is 27.0. The second-order valence-corrected chi connectivity index (χ2v) is 8.38. The molecule has 3 aromatic rings. The number of aryl methyl sites for hydroxylation is 2. The molecule has 0 fully saturated rings. The minimum absolute atomic E-state index is 0.0145. The van der Waals surface area contributed by atoms with E-state index in [2.05, 4.69) is 18.8 Å². The topological polar surface area (TPSA) is 28.7 Å². The van der Waals surface area contributed by atoms with Crippen LogP contribution in [-0.4, -0.2) is 17.2 Å². The van der Waals surface area contributed by atoms with E-state index in [4.69, 9.17) is 4.98 Å². The summed E-state index contributed by atoms with van der Waals surface area (Å²) >= 11 is 0. The van der Waals surface area contributed by atoms with Gasteiger partial charge in [0, 0.05) is 5.69 Å². The molecular formula is C26H33BF2N2. The number of hydrogen-bond acceptors (Lipinski definition) is 1. The Balaban J connectivity index is 1.87. The fourth-order valence-corrected chi connectivity index (χ4v) is 4.12. The van der Waals surface area contributed by atoms with E-state index >= 15 is 0 Å². The van der Waals surface area contributed by atoms with Gasteiger partial charge in [0.25, 0.3) is 0 Å². The molecule has 164 valence electrons. The smallest absolute Gasteiger partial charge is 0.216 e. The van der Waals surface area contributed by atoms with E-state index in [1.165, 1.54) is 61.3 Å². The fraction of sp³-hybridized carbons (Fsp3) is 0.423. The summed E-state index contributed by atoms with van der Waals surface area (Å²) in [5.41, 5.74) is 5.42. The number of aromatic amines is 1. The molecule has 31 heavy (non-hydrogen) atoms. The van der Waals surface area contributed by atoms with Crippen LogP contribution >= 0.6 is 0 Å². The third-order valence-electron chi connectivity index (χ3n) is 5.90. The van der Waals surface area contributed by atoms with E-state index in [0.717, 1.165) is 42.5 Å². The highest BCUT2D eigenvalue weighted by atomic mass is 19.1. The summed E-state index contributed by atoms with van der Waals surface area (Å²) in [5, 5.41) is 0. The molecule has 3 rings (SSSR count). The maximum Gasteiger partial charge on any atom is 0.216 e. The van der Waals surface area contributed by atoms with E-state index in [1.54, 1.807) is 0 Å². The van der Waals surface area contributed by atoms with Gasteiger partial charge in [0.1, 0.15) is 11.6 Å².